The van der Waals surface area contributed by atoms with Gasteiger partial charge >= 0.3 is 0 Å². The van der Waals surface area contributed by atoms with E-state index in [1.807, 2.05) is 6.07 Å². The highest BCUT2D eigenvalue weighted by molar-refractivity contribution is 5.55. The van der Waals surface area contributed by atoms with Gasteiger partial charge in [0.1, 0.15) is 11.9 Å². The number of anilines is 2. The first-order valence-electron chi connectivity index (χ1n) is 5.97. The van der Waals surface area contributed by atoms with Gasteiger partial charge in [0.15, 0.2) is 6.61 Å². The highest BCUT2D eigenvalue weighted by Crippen LogP contribution is 2.19. The number of halogens is 1. The molecule has 0 saturated heterocycles. The summed E-state index contributed by atoms with van der Waals surface area (Å²) in [5, 5.41) is 11.5. The minimum absolute atomic E-state index is 0.0778. The SMILES string of the molecule is Cc1cc(OCC#N)nc(Nc2ccc(F)c(C)c2)n1. The number of hydrogen-bond acceptors (Lipinski definition) is 5. The van der Waals surface area contributed by atoms with Gasteiger partial charge in [0.05, 0.1) is 0 Å². The van der Waals surface area contributed by atoms with Gasteiger partial charge < -0.3 is 10.1 Å². The summed E-state index contributed by atoms with van der Waals surface area (Å²) in [7, 11) is 0. The molecular formula is C14H13FN4O. The molecule has 2 aromatic rings. The number of aromatic nitrogens is 2. The van der Waals surface area contributed by atoms with Gasteiger partial charge in [0.2, 0.25) is 11.8 Å². The summed E-state index contributed by atoms with van der Waals surface area (Å²) in [5.74, 6) is 0.392. The molecule has 0 saturated carbocycles. The number of aryl methyl sites for hydroxylation is 2. The minimum atomic E-state index is -0.265. The van der Waals surface area contributed by atoms with E-state index in [1.54, 1.807) is 32.0 Å². The Bertz CT molecular complexity index is 667. The smallest absolute Gasteiger partial charge is 0.230 e. The highest BCUT2D eigenvalue weighted by atomic mass is 19.1. The van der Waals surface area contributed by atoms with Crippen molar-refractivity contribution in [2.75, 3.05) is 11.9 Å². The topological polar surface area (TPSA) is 70.8 Å². The van der Waals surface area contributed by atoms with E-state index in [0.717, 1.165) is 0 Å². The van der Waals surface area contributed by atoms with Gasteiger partial charge in [-0.15, -0.1) is 0 Å². The van der Waals surface area contributed by atoms with Crippen molar-refractivity contribution >= 4 is 11.6 Å². The maximum Gasteiger partial charge on any atom is 0.230 e. The fourth-order valence-electron chi connectivity index (χ4n) is 1.63. The number of nitrogens with one attached hydrogen (secondary N) is 1. The van der Waals surface area contributed by atoms with Gasteiger partial charge in [0.25, 0.3) is 0 Å². The monoisotopic (exact) mass is 272 g/mol. The average molecular weight is 272 g/mol. The summed E-state index contributed by atoms with van der Waals surface area (Å²) in [6.07, 6.45) is 0. The Hall–Kier alpha value is -2.68. The average Bonchev–Trinajstić information content (AvgIpc) is 2.40. The van der Waals surface area contributed by atoms with Crippen molar-refractivity contribution < 1.29 is 9.13 Å². The summed E-state index contributed by atoms with van der Waals surface area (Å²) < 4.78 is 18.3. The van der Waals surface area contributed by atoms with Crippen LogP contribution in [-0.2, 0) is 0 Å². The predicted molar refractivity (Wildman–Crippen MR) is 72.3 cm³/mol. The summed E-state index contributed by atoms with van der Waals surface area (Å²) in [6, 6.07) is 8.15. The molecule has 2 rings (SSSR count). The Labute approximate surface area is 116 Å². The van der Waals surface area contributed by atoms with E-state index in [9.17, 15) is 4.39 Å². The lowest BCUT2D eigenvalue weighted by Gasteiger charge is -2.08. The van der Waals surface area contributed by atoms with Crippen molar-refractivity contribution in [3.05, 3.63) is 41.3 Å². The standard InChI is InChI=1S/C14H13FN4O/c1-9-7-11(3-4-12(9)15)18-14-17-10(2)8-13(19-14)20-6-5-16/h3-4,7-8H,6H2,1-2H3,(H,17,18,19). The molecule has 5 nitrogen and oxygen atoms in total. The van der Waals surface area contributed by atoms with Crippen LogP contribution in [0.25, 0.3) is 0 Å². The van der Waals surface area contributed by atoms with E-state index in [-0.39, 0.29) is 12.4 Å². The first kappa shape index (κ1) is 13.7. The molecular weight excluding hydrogens is 259 g/mol. The highest BCUT2D eigenvalue weighted by Gasteiger charge is 2.05. The van der Waals surface area contributed by atoms with E-state index in [0.29, 0.717) is 28.8 Å². The largest absolute Gasteiger partial charge is 0.462 e. The Morgan fingerprint density at radius 1 is 1.30 bits per heavy atom. The summed E-state index contributed by atoms with van der Waals surface area (Å²) in [5.41, 5.74) is 1.92. The number of hydrogen-bond donors (Lipinski definition) is 1. The van der Waals surface area contributed by atoms with Gasteiger partial charge in [-0.1, -0.05) is 0 Å². The van der Waals surface area contributed by atoms with Gasteiger partial charge in [-0.2, -0.15) is 10.2 Å². The molecule has 0 fully saturated rings. The zero-order valence-electron chi connectivity index (χ0n) is 11.1. The fourth-order valence-corrected chi connectivity index (χ4v) is 1.63. The van der Waals surface area contributed by atoms with Crippen molar-refractivity contribution in [3.63, 3.8) is 0 Å². The molecule has 1 aromatic carbocycles. The number of benzene rings is 1. The lowest BCUT2D eigenvalue weighted by Crippen LogP contribution is -2.03. The molecule has 0 radical (unpaired) electrons. The molecule has 0 amide bonds. The van der Waals surface area contributed by atoms with E-state index >= 15 is 0 Å². The molecule has 1 aromatic heterocycles. The first-order valence-corrected chi connectivity index (χ1v) is 5.97. The van der Waals surface area contributed by atoms with Crippen LogP contribution in [-0.4, -0.2) is 16.6 Å². The second-order valence-electron chi connectivity index (χ2n) is 4.21. The van der Waals surface area contributed by atoms with E-state index in [2.05, 4.69) is 15.3 Å². The van der Waals surface area contributed by atoms with Crippen LogP contribution in [0.2, 0.25) is 0 Å². The number of ether oxygens (including phenoxy) is 1. The van der Waals surface area contributed by atoms with Crippen LogP contribution < -0.4 is 10.1 Å². The Morgan fingerprint density at radius 3 is 2.80 bits per heavy atom. The third-order valence-corrected chi connectivity index (χ3v) is 2.53. The minimum Gasteiger partial charge on any atom is -0.462 e. The lowest BCUT2D eigenvalue weighted by molar-refractivity contribution is 0.353. The van der Waals surface area contributed by atoms with Gasteiger partial charge in [-0.25, -0.2) is 9.37 Å². The Balaban J connectivity index is 2.22. The maximum absolute atomic E-state index is 13.2. The number of nitriles is 1. The second kappa shape index (κ2) is 5.97. The van der Waals surface area contributed by atoms with Gasteiger partial charge in [-0.05, 0) is 37.6 Å². The van der Waals surface area contributed by atoms with Crippen LogP contribution >= 0.6 is 0 Å². The Kier molecular flexibility index (Phi) is 4.11. The quantitative estimate of drug-likeness (QED) is 0.926. The molecule has 0 bridgehead atoms. The molecule has 0 atom stereocenters. The molecule has 1 N–H and O–H groups in total. The zero-order valence-corrected chi connectivity index (χ0v) is 11.1. The zero-order chi connectivity index (χ0) is 14.5. The molecule has 0 unspecified atom stereocenters. The molecule has 102 valence electrons. The van der Waals surface area contributed by atoms with Crippen molar-refractivity contribution in [2.24, 2.45) is 0 Å². The summed E-state index contributed by atoms with van der Waals surface area (Å²) >= 11 is 0. The lowest BCUT2D eigenvalue weighted by atomic mass is 10.2. The van der Waals surface area contributed by atoms with E-state index in [1.165, 1.54) is 6.07 Å². The second-order valence-corrected chi connectivity index (χ2v) is 4.21. The summed E-state index contributed by atoms with van der Waals surface area (Å²) in [6.45, 7) is 3.40. The van der Waals surface area contributed by atoms with Crippen molar-refractivity contribution in [2.45, 2.75) is 13.8 Å². The van der Waals surface area contributed by atoms with Gasteiger partial charge in [0, 0.05) is 17.4 Å². The van der Waals surface area contributed by atoms with Crippen LogP contribution in [0.1, 0.15) is 11.3 Å². The van der Waals surface area contributed by atoms with Crippen LogP contribution in [0.5, 0.6) is 5.88 Å². The van der Waals surface area contributed by atoms with Crippen LogP contribution in [0.3, 0.4) is 0 Å². The normalized spacial score (nSPS) is 9.90. The predicted octanol–water partition coefficient (Wildman–Crippen LogP) is 2.88. The van der Waals surface area contributed by atoms with E-state index < -0.39 is 0 Å². The number of nitrogens with zero attached hydrogens (tertiary/aromatic N) is 3. The van der Waals surface area contributed by atoms with Crippen LogP contribution in [0, 0.1) is 31.0 Å². The molecule has 0 spiro atoms. The fraction of sp³-hybridized carbons (Fsp3) is 0.214. The molecule has 0 aliphatic carbocycles. The third kappa shape index (κ3) is 3.42. The Morgan fingerprint density at radius 2 is 2.10 bits per heavy atom. The summed E-state index contributed by atoms with van der Waals surface area (Å²) in [4.78, 5) is 8.34. The van der Waals surface area contributed by atoms with Crippen LogP contribution in [0.4, 0.5) is 16.0 Å². The molecule has 0 aliphatic rings. The van der Waals surface area contributed by atoms with E-state index in [4.69, 9.17) is 10.00 Å². The third-order valence-electron chi connectivity index (χ3n) is 2.53. The molecule has 0 aliphatic heterocycles. The van der Waals surface area contributed by atoms with Crippen molar-refractivity contribution in [3.8, 4) is 11.9 Å². The number of rotatable bonds is 4. The van der Waals surface area contributed by atoms with Crippen LogP contribution in [0.15, 0.2) is 24.3 Å². The maximum atomic E-state index is 13.2. The van der Waals surface area contributed by atoms with Gasteiger partial charge in [-0.3, -0.25) is 0 Å². The molecule has 1 heterocycles. The molecule has 6 heteroatoms. The van der Waals surface area contributed by atoms with Crippen molar-refractivity contribution in [1.29, 1.82) is 5.26 Å². The van der Waals surface area contributed by atoms with Crippen molar-refractivity contribution in [1.82, 2.24) is 9.97 Å². The molecule has 20 heavy (non-hydrogen) atoms. The first-order chi connectivity index (χ1) is 9.58.